The minimum absolute atomic E-state index is 0.0339. The molecule has 3 atom stereocenters. The minimum Gasteiger partial charge on any atom is -0.497 e. The molecule has 6 nitrogen and oxygen atoms in total. The normalized spacial score (nSPS) is 27.2. The molecule has 1 aromatic rings. The van der Waals surface area contributed by atoms with Gasteiger partial charge in [-0.3, -0.25) is 4.79 Å². The van der Waals surface area contributed by atoms with Crippen molar-refractivity contribution < 1.29 is 19.0 Å². The third kappa shape index (κ3) is 5.76. The van der Waals surface area contributed by atoms with Gasteiger partial charge in [0.2, 0.25) is 5.91 Å². The van der Waals surface area contributed by atoms with Crippen LogP contribution in [0.1, 0.15) is 66.4 Å². The van der Waals surface area contributed by atoms with Crippen LogP contribution in [-0.4, -0.2) is 60.9 Å². The molecule has 1 aromatic carbocycles. The van der Waals surface area contributed by atoms with Gasteiger partial charge in [0.05, 0.1) is 32.3 Å². The first-order valence-corrected chi connectivity index (χ1v) is 11.9. The van der Waals surface area contributed by atoms with Crippen molar-refractivity contribution in [2.45, 2.75) is 96.6 Å². The van der Waals surface area contributed by atoms with Crippen LogP contribution in [0.25, 0.3) is 0 Å². The van der Waals surface area contributed by atoms with E-state index in [1.165, 1.54) is 0 Å². The number of carbonyl (C=O) groups excluding carboxylic acids is 1. The van der Waals surface area contributed by atoms with Crippen LogP contribution in [0, 0.1) is 5.92 Å². The quantitative estimate of drug-likeness (QED) is 0.680. The Morgan fingerprint density at radius 1 is 1.12 bits per heavy atom. The van der Waals surface area contributed by atoms with Crippen LogP contribution in [0.2, 0.25) is 0 Å². The lowest BCUT2D eigenvalue weighted by Crippen LogP contribution is -2.63. The summed E-state index contributed by atoms with van der Waals surface area (Å²) in [5.41, 5.74) is 1.02. The SMILES string of the molecule is COc1ccc(CCN(C(=O)C2CC(C)OC2C)C2CC(C)(C)NC(C)(C)C2)c(OC)c1. The molecular formula is C26H42N2O4. The number of piperidine rings is 1. The monoisotopic (exact) mass is 446 g/mol. The predicted octanol–water partition coefficient (Wildman–Crippen LogP) is 4.20. The van der Waals surface area contributed by atoms with E-state index in [0.29, 0.717) is 6.54 Å². The van der Waals surface area contributed by atoms with Crippen molar-refractivity contribution in [2.24, 2.45) is 5.92 Å². The van der Waals surface area contributed by atoms with E-state index in [4.69, 9.17) is 14.2 Å². The first kappa shape index (κ1) is 24.8. The van der Waals surface area contributed by atoms with Crippen molar-refractivity contribution in [2.75, 3.05) is 20.8 Å². The molecule has 6 heteroatoms. The lowest BCUT2D eigenvalue weighted by Gasteiger charge is -2.50. The molecular weight excluding hydrogens is 404 g/mol. The molecule has 0 bridgehead atoms. The second kappa shape index (κ2) is 9.60. The summed E-state index contributed by atoms with van der Waals surface area (Å²) in [7, 11) is 3.33. The Morgan fingerprint density at radius 2 is 1.78 bits per heavy atom. The van der Waals surface area contributed by atoms with Crippen LogP contribution >= 0.6 is 0 Å². The van der Waals surface area contributed by atoms with E-state index >= 15 is 0 Å². The zero-order valence-electron chi connectivity index (χ0n) is 21.2. The number of ether oxygens (including phenoxy) is 3. The Kier molecular flexibility index (Phi) is 7.45. The van der Waals surface area contributed by atoms with Gasteiger partial charge in [-0.05, 0) is 78.9 Å². The Bertz CT molecular complexity index is 791. The summed E-state index contributed by atoms with van der Waals surface area (Å²) < 4.78 is 16.9. The van der Waals surface area contributed by atoms with Gasteiger partial charge < -0.3 is 24.4 Å². The number of methoxy groups -OCH3 is 2. The summed E-state index contributed by atoms with van der Waals surface area (Å²) in [5.74, 6) is 1.72. The van der Waals surface area contributed by atoms with E-state index in [9.17, 15) is 4.79 Å². The number of rotatable bonds is 7. The summed E-state index contributed by atoms with van der Waals surface area (Å²) in [6.45, 7) is 13.7. The number of hydrogen-bond acceptors (Lipinski definition) is 5. The molecule has 0 spiro atoms. The van der Waals surface area contributed by atoms with Crippen molar-refractivity contribution in [3.05, 3.63) is 23.8 Å². The van der Waals surface area contributed by atoms with Crippen LogP contribution in [0.15, 0.2) is 18.2 Å². The zero-order chi connectivity index (χ0) is 23.7. The number of carbonyl (C=O) groups is 1. The summed E-state index contributed by atoms with van der Waals surface area (Å²) in [6.07, 6.45) is 3.47. The Balaban J connectivity index is 1.86. The molecule has 32 heavy (non-hydrogen) atoms. The molecule has 180 valence electrons. The Labute approximate surface area is 194 Å². The van der Waals surface area contributed by atoms with Crippen LogP contribution in [-0.2, 0) is 16.0 Å². The van der Waals surface area contributed by atoms with Gasteiger partial charge in [0.1, 0.15) is 11.5 Å². The molecule has 3 unspecified atom stereocenters. The highest BCUT2D eigenvalue weighted by Crippen LogP contribution is 2.35. The van der Waals surface area contributed by atoms with E-state index in [-0.39, 0.29) is 41.2 Å². The summed E-state index contributed by atoms with van der Waals surface area (Å²) in [5, 5.41) is 3.75. The van der Waals surface area contributed by atoms with E-state index in [0.717, 1.165) is 42.7 Å². The highest BCUT2D eigenvalue weighted by atomic mass is 16.5. The maximum Gasteiger partial charge on any atom is 0.228 e. The van der Waals surface area contributed by atoms with Gasteiger partial charge in [-0.25, -0.2) is 0 Å². The van der Waals surface area contributed by atoms with E-state index in [2.05, 4.69) is 44.8 Å². The fourth-order valence-electron chi connectivity index (χ4n) is 5.84. The predicted molar refractivity (Wildman–Crippen MR) is 127 cm³/mol. The smallest absolute Gasteiger partial charge is 0.228 e. The molecule has 2 aliphatic heterocycles. The summed E-state index contributed by atoms with van der Waals surface area (Å²) in [6, 6.07) is 6.09. The molecule has 2 fully saturated rings. The van der Waals surface area contributed by atoms with E-state index in [1.807, 2.05) is 25.1 Å². The van der Waals surface area contributed by atoms with Crippen molar-refractivity contribution in [1.82, 2.24) is 10.2 Å². The van der Waals surface area contributed by atoms with Gasteiger partial charge >= 0.3 is 0 Å². The van der Waals surface area contributed by atoms with Crippen LogP contribution < -0.4 is 14.8 Å². The molecule has 1 N–H and O–H groups in total. The fourth-order valence-corrected chi connectivity index (χ4v) is 5.84. The number of hydrogen-bond donors (Lipinski definition) is 1. The third-order valence-electron chi connectivity index (χ3n) is 6.93. The Morgan fingerprint density at radius 3 is 2.31 bits per heavy atom. The van der Waals surface area contributed by atoms with E-state index < -0.39 is 0 Å². The van der Waals surface area contributed by atoms with Gasteiger partial charge in [0, 0.05) is 29.7 Å². The molecule has 3 rings (SSSR count). The maximum absolute atomic E-state index is 13.9. The molecule has 1 amide bonds. The van der Waals surface area contributed by atoms with Crippen LogP contribution in [0.3, 0.4) is 0 Å². The van der Waals surface area contributed by atoms with Crippen molar-refractivity contribution in [1.29, 1.82) is 0 Å². The van der Waals surface area contributed by atoms with Crippen molar-refractivity contribution >= 4 is 5.91 Å². The maximum atomic E-state index is 13.9. The second-order valence-electron chi connectivity index (χ2n) is 10.9. The molecule has 2 saturated heterocycles. The molecule has 0 saturated carbocycles. The van der Waals surface area contributed by atoms with E-state index in [1.54, 1.807) is 14.2 Å². The van der Waals surface area contributed by atoms with Crippen LogP contribution in [0.5, 0.6) is 11.5 Å². The number of nitrogens with zero attached hydrogens (tertiary/aromatic N) is 1. The number of nitrogens with one attached hydrogen (secondary N) is 1. The highest BCUT2D eigenvalue weighted by molar-refractivity contribution is 5.80. The summed E-state index contributed by atoms with van der Waals surface area (Å²) >= 11 is 0. The molecule has 0 aliphatic carbocycles. The Hall–Kier alpha value is -1.79. The average molecular weight is 447 g/mol. The topological polar surface area (TPSA) is 60.0 Å². The lowest BCUT2D eigenvalue weighted by atomic mass is 9.78. The second-order valence-corrected chi connectivity index (χ2v) is 10.9. The third-order valence-corrected chi connectivity index (χ3v) is 6.93. The minimum atomic E-state index is -0.0797. The largest absolute Gasteiger partial charge is 0.497 e. The zero-order valence-corrected chi connectivity index (χ0v) is 21.2. The fraction of sp³-hybridized carbons (Fsp3) is 0.731. The molecule has 2 heterocycles. The molecule has 2 aliphatic rings. The van der Waals surface area contributed by atoms with Crippen molar-refractivity contribution in [3.8, 4) is 11.5 Å². The first-order chi connectivity index (χ1) is 14.9. The van der Waals surface area contributed by atoms with Gasteiger partial charge in [-0.15, -0.1) is 0 Å². The first-order valence-electron chi connectivity index (χ1n) is 11.9. The lowest BCUT2D eigenvalue weighted by molar-refractivity contribution is -0.141. The van der Waals surface area contributed by atoms with Gasteiger partial charge in [-0.2, -0.15) is 0 Å². The van der Waals surface area contributed by atoms with Gasteiger partial charge in [0.25, 0.3) is 0 Å². The van der Waals surface area contributed by atoms with Crippen molar-refractivity contribution in [3.63, 3.8) is 0 Å². The summed E-state index contributed by atoms with van der Waals surface area (Å²) in [4.78, 5) is 16.0. The molecule has 0 aromatic heterocycles. The number of amides is 1. The molecule has 0 radical (unpaired) electrons. The van der Waals surface area contributed by atoms with Gasteiger partial charge in [-0.1, -0.05) is 6.07 Å². The van der Waals surface area contributed by atoms with Crippen LogP contribution in [0.4, 0.5) is 0 Å². The highest BCUT2D eigenvalue weighted by Gasteiger charge is 2.44. The average Bonchev–Trinajstić information content (AvgIpc) is 3.03. The standard InChI is InChI=1S/C26H42N2O4/c1-17-13-22(18(2)32-17)24(29)28(20-15-25(3,4)27-26(5,6)16-20)12-11-19-9-10-21(30-7)14-23(19)31-8/h9-10,14,17-18,20,22,27H,11-13,15-16H2,1-8H3. The number of benzene rings is 1. The van der Waals surface area contributed by atoms with Gasteiger partial charge in [0.15, 0.2) is 0 Å².